The summed E-state index contributed by atoms with van der Waals surface area (Å²) in [7, 11) is 1.89. The van der Waals surface area contributed by atoms with Crippen molar-refractivity contribution in [2.45, 2.75) is 44.6 Å². The lowest BCUT2D eigenvalue weighted by molar-refractivity contribution is 0.0717. The van der Waals surface area contributed by atoms with Gasteiger partial charge in [-0.2, -0.15) is 5.26 Å². The zero-order valence-electron chi connectivity index (χ0n) is 11.4. The van der Waals surface area contributed by atoms with E-state index in [0.717, 1.165) is 12.8 Å². The van der Waals surface area contributed by atoms with Crippen molar-refractivity contribution in [3.8, 4) is 6.07 Å². The van der Waals surface area contributed by atoms with Crippen LogP contribution in [0.25, 0.3) is 0 Å². The van der Waals surface area contributed by atoms with Crippen LogP contribution in [0, 0.1) is 11.3 Å². The van der Waals surface area contributed by atoms with Gasteiger partial charge in [-0.1, -0.05) is 31.7 Å². The number of nitrogens with zero attached hydrogens (tertiary/aromatic N) is 2. The first-order valence-electron chi connectivity index (χ1n) is 6.99. The van der Waals surface area contributed by atoms with Gasteiger partial charge in [-0.15, -0.1) is 0 Å². The van der Waals surface area contributed by atoms with Crippen LogP contribution in [0.5, 0.6) is 0 Å². The third kappa shape index (κ3) is 3.35. The molecule has 0 spiro atoms. The summed E-state index contributed by atoms with van der Waals surface area (Å²) < 4.78 is 0. The second kappa shape index (κ2) is 6.38. The maximum atomic E-state index is 12.4. The van der Waals surface area contributed by atoms with E-state index in [1.54, 1.807) is 24.3 Å². The SMILES string of the molecule is CN(C(=O)c1cccc(C#N)c1)C1CCCCCC1. The zero-order valence-corrected chi connectivity index (χ0v) is 11.4. The Morgan fingerprint density at radius 3 is 2.58 bits per heavy atom. The summed E-state index contributed by atoms with van der Waals surface area (Å²) in [6, 6.07) is 9.39. The predicted octanol–water partition coefficient (Wildman–Crippen LogP) is 3.35. The monoisotopic (exact) mass is 256 g/mol. The van der Waals surface area contributed by atoms with Crippen molar-refractivity contribution in [3.63, 3.8) is 0 Å². The van der Waals surface area contributed by atoms with Crippen LogP contribution in [-0.4, -0.2) is 23.9 Å². The molecule has 1 aliphatic carbocycles. The van der Waals surface area contributed by atoms with Crippen LogP contribution >= 0.6 is 0 Å². The highest BCUT2D eigenvalue weighted by Crippen LogP contribution is 2.22. The van der Waals surface area contributed by atoms with Gasteiger partial charge in [0, 0.05) is 18.7 Å². The number of hydrogen-bond acceptors (Lipinski definition) is 2. The second-order valence-corrected chi connectivity index (χ2v) is 5.25. The summed E-state index contributed by atoms with van der Waals surface area (Å²) in [4.78, 5) is 14.3. The highest BCUT2D eigenvalue weighted by Gasteiger charge is 2.22. The Morgan fingerprint density at radius 1 is 1.26 bits per heavy atom. The topological polar surface area (TPSA) is 44.1 Å². The van der Waals surface area contributed by atoms with E-state index in [4.69, 9.17) is 5.26 Å². The number of amides is 1. The van der Waals surface area contributed by atoms with Crippen molar-refractivity contribution in [2.24, 2.45) is 0 Å². The lowest BCUT2D eigenvalue weighted by Gasteiger charge is -2.27. The van der Waals surface area contributed by atoms with E-state index in [2.05, 4.69) is 6.07 Å². The first kappa shape index (κ1) is 13.6. The van der Waals surface area contributed by atoms with Gasteiger partial charge in [0.05, 0.1) is 11.6 Å². The Bertz CT molecular complexity index is 482. The van der Waals surface area contributed by atoms with E-state index in [1.807, 2.05) is 11.9 Å². The minimum Gasteiger partial charge on any atom is -0.339 e. The number of rotatable bonds is 2. The number of benzene rings is 1. The fraction of sp³-hybridized carbons (Fsp3) is 0.500. The van der Waals surface area contributed by atoms with Crippen LogP contribution in [0.1, 0.15) is 54.4 Å². The molecule has 0 saturated heterocycles. The summed E-state index contributed by atoms with van der Waals surface area (Å²) in [6.07, 6.45) is 7.17. The highest BCUT2D eigenvalue weighted by atomic mass is 16.2. The molecule has 0 atom stereocenters. The highest BCUT2D eigenvalue weighted by molar-refractivity contribution is 5.94. The first-order chi connectivity index (χ1) is 9.22. The summed E-state index contributed by atoms with van der Waals surface area (Å²) >= 11 is 0. The molecule has 3 heteroatoms. The Labute approximate surface area is 114 Å². The molecule has 1 fully saturated rings. The number of hydrogen-bond donors (Lipinski definition) is 0. The molecule has 0 unspecified atom stereocenters. The number of carbonyl (C=O) groups excluding carboxylic acids is 1. The van der Waals surface area contributed by atoms with Crippen LogP contribution in [0.2, 0.25) is 0 Å². The van der Waals surface area contributed by atoms with Crippen molar-refractivity contribution >= 4 is 5.91 Å². The minimum absolute atomic E-state index is 0.0315. The minimum atomic E-state index is 0.0315. The molecule has 1 aromatic rings. The molecule has 2 rings (SSSR count). The van der Waals surface area contributed by atoms with Gasteiger partial charge in [0.25, 0.3) is 5.91 Å². The van der Waals surface area contributed by atoms with Crippen LogP contribution in [-0.2, 0) is 0 Å². The largest absolute Gasteiger partial charge is 0.339 e. The van der Waals surface area contributed by atoms with Crippen LogP contribution < -0.4 is 0 Å². The van der Waals surface area contributed by atoms with Crippen molar-refractivity contribution < 1.29 is 4.79 Å². The molecular formula is C16H20N2O. The van der Waals surface area contributed by atoms with Crippen molar-refractivity contribution in [2.75, 3.05) is 7.05 Å². The quantitative estimate of drug-likeness (QED) is 0.762. The van der Waals surface area contributed by atoms with E-state index in [9.17, 15) is 4.79 Å². The Hall–Kier alpha value is -1.82. The molecule has 1 aliphatic rings. The third-order valence-electron chi connectivity index (χ3n) is 3.93. The lowest BCUT2D eigenvalue weighted by atomic mass is 10.1. The molecule has 0 radical (unpaired) electrons. The third-order valence-corrected chi connectivity index (χ3v) is 3.93. The van der Waals surface area contributed by atoms with Gasteiger partial charge in [0.1, 0.15) is 0 Å². The van der Waals surface area contributed by atoms with Gasteiger partial charge in [-0.3, -0.25) is 4.79 Å². The average molecular weight is 256 g/mol. The Balaban J connectivity index is 2.11. The van der Waals surface area contributed by atoms with Crippen LogP contribution in [0.3, 0.4) is 0 Å². The molecule has 3 nitrogen and oxygen atoms in total. The average Bonchev–Trinajstić information content (AvgIpc) is 2.75. The summed E-state index contributed by atoms with van der Waals surface area (Å²) in [6.45, 7) is 0. The standard InChI is InChI=1S/C16H20N2O/c1-18(15-9-4-2-3-5-10-15)16(19)14-8-6-7-13(11-14)12-17/h6-8,11,15H,2-5,9-10H2,1H3. The van der Waals surface area contributed by atoms with E-state index in [0.29, 0.717) is 17.2 Å². The molecule has 1 amide bonds. The van der Waals surface area contributed by atoms with Crippen molar-refractivity contribution in [1.82, 2.24) is 4.90 Å². The number of nitriles is 1. The van der Waals surface area contributed by atoms with E-state index in [1.165, 1.54) is 25.7 Å². The van der Waals surface area contributed by atoms with E-state index in [-0.39, 0.29) is 5.91 Å². The van der Waals surface area contributed by atoms with Gasteiger partial charge < -0.3 is 4.90 Å². The van der Waals surface area contributed by atoms with E-state index >= 15 is 0 Å². The molecule has 0 bridgehead atoms. The molecule has 19 heavy (non-hydrogen) atoms. The Morgan fingerprint density at radius 2 is 1.95 bits per heavy atom. The fourth-order valence-corrected chi connectivity index (χ4v) is 2.74. The molecule has 0 N–H and O–H groups in total. The van der Waals surface area contributed by atoms with Gasteiger partial charge in [-0.25, -0.2) is 0 Å². The maximum Gasteiger partial charge on any atom is 0.253 e. The zero-order chi connectivity index (χ0) is 13.7. The normalized spacial score (nSPS) is 16.4. The van der Waals surface area contributed by atoms with Crippen LogP contribution in [0.4, 0.5) is 0 Å². The summed E-state index contributed by atoms with van der Waals surface area (Å²) in [5, 5.41) is 8.89. The number of carbonyl (C=O) groups is 1. The maximum absolute atomic E-state index is 12.4. The van der Waals surface area contributed by atoms with Gasteiger partial charge in [0.2, 0.25) is 0 Å². The first-order valence-corrected chi connectivity index (χ1v) is 6.99. The summed E-state index contributed by atoms with van der Waals surface area (Å²) in [5.74, 6) is 0.0315. The smallest absolute Gasteiger partial charge is 0.253 e. The second-order valence-electron chi connectivity index (χ2n) is 5.25. The van der Waals surface area contributed by atoms with Crippen molar-refractivity contribution in [3.05, 3.63) is 35.4 Å². The molecule has 0 aliphatic heterocycles. The molecule has 100 valence electrons. The van der Waals surface area contributed by atoms with Crippen LogP contribution in [0.15, 0.2) is 24.3 Å². The summed E-state index contributed by atoms with van der Waals surface area (Å²) in [5.41, 5.74) is 1.16. The fourth-order valence-electron chi connectivity index (χ4n) is 2.74. The van der Waals surface area contributed by atoms with Gasteiger partial charge >= 0.3 is 0 Å². The molecule has 1 aromatic carbocycles. The van der Waals surface area contributed by atoms with Gasteiger partial charge in [0.15, 0.2) is 0 Å². The molecule has 0 aromatic heterocycles. The predicted molar refractivity (Wildman–Crippen MR) is 74.7 cm³/mol. The molecule has 1 saturated carbocycles. The molecular weight excluding hydrogens is 236 g/mol. The van der Waals surface area contributed by atoms with Gasteiger partial charge in [-0.05, 0) is 31.0 Å². The van der Waals surface area contributed by atoms with E-state index < -0.39 is 0 Å². The Kier molecular flexibility index (Phi) is 4.57. The lowest BCUT2D eigenvalue weighted by Crippen LogP contribution is -2.36. The molecule has 0 heterocycles. The van der Waals surface area contributed by atoms with Crippen molar-refractivity contribution in [1.29, 1.82) is 5.26 Å².